The second-order valence-corrected chi connectivity index (χ2v) is 4.87. The highest BCUT2D eigenvalue weighted by atomic mass is 16.3. The zero-order valence-electron chi connectivity index (χ0n) is 9.73. The monoisotopic (exact) mass is 231 g/mol. The summed E-state index contributed by atoms with van der Waals surface area (Å²) >= 11 is 0. The first kappa shape index (κ1) is 10.8. The van der Waals surface area contributed by atoms with E-state index in [0.717, 1.165) is 42.7 Å². The van der Waals surface area contributed by atoms with Gasteiger partial charge in [-0.3, -0.25) is 0 Å². The summed E-state index contributed by atoms with van der Waals surface area (Å²) in [7, 11) is 0. The van der Waals surface area contributed by atoms with E-state index >= 15 is 0 Å². The minimum atomic E-state index is -0.0620. The summed E-state index contributed by atoms with van der Waals surface area (Å²) in [6, 6.07) is 10.1. The highest BCUT2D eigenvalue weighted by Crippen LogP contribution is 2.26. The zero-order valence-corrected chi connectivity index (χ0v) is 9.73. The van der Waals surface area contributed by atoms with Gasteiger partial charge in [0, 0.05) is 5.39 Å². The summed E-state index contributed by atoms with van der Waals surface area (Å²) in [6.07, 6.45) is 1.81. The first-order valence-corrected chi connectivity index (χ1v) is 6.17. The van der Waals surface area contributed by atoms with Crippen molar-refractivity contribution in [3.05, 3.63) is 36.1 Å². The van der Waals surface area contributed by atoms with Gasteiger partial charge in [0.1, 0.15) is 11.3 Å². The van der Waals surface area contributed by atoms with Crippen LogP contribution in [-0.4, -0.2) is 17.8 Å². The van der Waals surface area contributed by atoms with E-state index in [9.17, 15) is 5.11 Å². The van der Waals surface area contributed by atoms with Crippen LogP contribution in [0.4, 0.5) is 0 Å². The van der Waals surface area contributed by atoms with Gasteiger partial charge in [-0.15, -0.1) is 0 Å². The third kappa shape index (κ3) is 2.35. The number of para-hydroxylation sites is 1. The third-order valence-electron chi connectivity index (χ3n) is 3.42. The molecule has 17 heavy (non-hydrogen) atoms. The van der Waals surface area contributed by atoms with Crippen molar-refractivity contribution in [3.63, 3.8) is 0 Å². The number of hydrogen-bond acceptors (Lipinski definition) is 3. The van der Waals surface area contributed by atoms with E-state index in [1.807, 2.05) is 18.2 Å². The molecule has 1 aliphatic carbocycles. The maximum Gasteiger partial charge on any atom is 0.134 e. The van der Waals surface area contributed by atoms with Crippen molar-refractivity contribution >= 4 is 11.0 Å². The molecular weight excluding hydrogens is 214 g/mol. The summed E-state index contributed by atoms with van der Waals surface area (Å²) in [5.74, 6) is 1.61. The predicted molar refractivity (Wildman–Crippen MR) is 66.7 cm³/mol. The van der Waals surface area contributed by atoms with Crippen molar-refractivity contribution in [2.24, 2.45) is 5.92 Å². The van der Waals surface area contributed by atoms with Gasteiger partial charge in [-0.25, -0.2) is 0 Å². The third-order valence-corrected chi connectivity index (χ3v) is 3.42. The van der Waals surface area contributed by atoms with Crippen LogP contribution < -0.4 is 5.32 Å². The standard InChI is InChI=1S/C14H17NO2/c16-12-5-10(6-12)8-15-9-13-7-11-3-1-2-4-14(11)17-13/h1-4,7,10,12,15-16H,5-6,8-9H2. The van der Waals surface area contributed by atoms with Crippen LogP contribution in [0.1, 0.15) is 18.6 Å². The molecule has 1 aromatic heterocycles. The van der Waals surface area contributed by atoms with Crippen LogP contribution in [0.2, 0.25) is 0 Å². The Labute approximate surface area is 100 Å². The molecule has 1 aliphatic rings. The fourth-order valence-electron chi connectivity index (χ4n) is 2.39. The van der Waals surface area contributed by atoms with Gasteiger partial charge >= 0.3 is 0 Å². The molecule has 1 saturated carbocycles. The Morgan fingerprint density at radius 1 is 1.29 bits per heavy atom. The summed E-state index contributed by atoms with van der Waals surface area (Å²) in [5.41, 5.74) is 0.948. The highest BCUT2D eigenvalue weighted by molar-refractivity contribution is 5.77. The molecule has 0 bridgehead atoms. The van der Waals surface area contributed by atoms with Gasteiger partial charge < -0.3 is 14.8 Å². The highest BCUT2D eigenvalue weighted by Gasteiger charge is 2.26. The molecule has 0 amide bonds. The zero-order chi connectivity index (χ0) is 11.7. The minimum Gasteiger partial charge on any atom is -0.460 e. The van der Waals surface area contributed by atoms with E-state index in [2.05, 4.69) is 17.4 Å². The SMILES string of the molecule is OC1CC(CNCc2cc3ccccc3o2)C1. The Balaban J connectivity index is 1.54. The predicted octanol–water partition coefficient (Wildman–Crippen LogP) is 2.29. The van der Waals surface area contributed by atoms with Crippen molar-refractivity contribution in [2.75, 3.05) is 6.54 Å². The number of nitrogens with one attached hydrogen (secondary N) is 1. The van der Waals surface area contributed by atoms with Crippen molar-refractivity contribution < 1.29 is 9.52 Å². The van der Waals surface area contributed by atoms with Crippen molar-refractivity contribution in [1.82, 2.24) is 5.32 Å². The number of benzene rings is 1. The second kappa shape index (κ2) is 4.51. The summed E-state index contributed by atoms with van der Waals surface area (Å²) in [6.45, 7) is 1.73. The maximum atomic E-state index is 9.18. The van der Waals surface area contributed by atoms with Crippen molar-refractivity contribution in [1.29, 1.82) is 0 Å². The lowest BCUT2D eigenvalue weighted by molar-refractivity contribution is 0.0428. The second-order valence-electron chi connectivity index (χ2n) is 4.87. The molecule has 0 radical (unpaired) electrons. The molecule has 0 unspecified atom stereocenters. The van der Waals surface area contributed by atoms with Gasteiger partial charge in [0.05, 0.1) is 12.6 Å². The van der Waals surface area contributed by atoms with E-state index < -0.39 is 0 Å². The Morgan fingerprint density at radius 3 is 2.88 bits per heavy atom. The van der Waals surface area contributed by atoms with E-state index in [0.29, 0.717) is 5.92 Å². The number of fused-ring (bicyclic) bond motifs is 1. The van der Waals surface area contributed by atoms with E-state index in [1.54, 1.807) is 0 Å². The van der Waals surface area contributed by atoms with Crippen LogP contribution in [-0.2, 0) is 6.54 Å². The van der Waals surface area contributed by atoms with Crippen LogP contribution >= 0.6 is 0 Å². The van der Waals surface area contributed by atoms with E-state index in [-0.39, 0.29) is 6.10 Å². The fraction of sp³-hybridized carbons (Fsp3) is 0.429. The molecule has 3 nitrogen and oxygen atoms in total. The van der Waals surface area contributed by atoms with Crippen LogP contribution in [0.3, 0.4) is 0 Å². The lowest BCUT2D eigenvalue weighted by Gasteiger charge is -2.31. The van der Waals surface area contributed by atoms with Crippen LogP contribution in [0, 0.1) is 5.92 Å². The molecule has 3 rings (SSSR count). The van der Waals surface area contributed by atoms with Crippen molar-refractivity contribution in [3.8, 4) is 0 Å². The molecule has 1 heterocycles. The van der Waals surface area contributed by atoms with Gasteiger partial charge in [-0.1, -0.05) is 18.2 Å². The Kier molecular flexibility index (Phi) is 2.87. The molecule has 1 aromatic carbocycles. The largest absolute Gasteiger partial charge is 0.460 e. The van der Waals surface area contributed by atoms with Gasteiger partial charge in [0.15, 0.2) is 0 Å². The Hall–Kier alpha value is -1.32. The normalized spacial score (nSPS) is 23.8. The van der Waals surface area contributed by atoms with E-state index in [1.165, 1.54) is 0 Å². The van der Waals surface area contributed by atoms with E-state index in [4.69, 9.17) is 4.42 Å². The van der Waals surface area contributed by atoms with Gasteiger partial charge in [-0.05, 0) is 37.4 Å². The smallest absolute Gasteiger partial charge is 0.134 e. The van der Waals surface area contributed by atoms with Gasteiger partial charge in [-0.2, -0.15) is 0 Å². The molecule has 1 fully saturated rings. The molecular formula is C14H17NO2. The quantitative estimate of drug-likeness (QED) is 0.848. The molecule has 90 valence electrons. The van der Waals surface area contributed by atoms with Gasteiger partial charge in [0.25, 0.3) is 0 Å². The number of aliphatic hydroxyl groups excluding tert-OH is 1. The fourth-order valence-corrected chi connectivity index (χ4v) is 2.39. The number of rotatable bonds is 4. The Morgan fingerprint density at radius 2 is 2.12 bits per heavy atom. The Bertz CT molecular complexity index is 467. The average Bonchev–Trinajstić information content (AvgIpc) is 2.69. The van der Waals surface area contributed by atoms with Gasteiger partial charge in [0.2, 0.25) is 0 Å². The molecule has 2 aromatic rings. The topological polar surface area (TPSA) is 45.4 Å². The molecule has 0 spiro atoms. The molecule has 2 N–H and O–H groups in total. The lowest BCUT2D eigenvalue weighted by Crippen LogP contribution is -2.35. The van der Waals surface area contributed by atoms with Crippen LogP contribution in [0.5, 0.6) is 0 Å². The summed E-state index contributed by atoms with van der Waals surface area (Å²) < 4.78 is 5.71. The number of aliphatic hydroxyl groups is 1. The number of furan rings is 1. The molecule has 0 saturated heterocycles. The molecule has 3 heteroatoms. The summed E-state index contributed by atoms with van der Waals surface area (Å²) in [4.78, 5) is 0. The summed E-state index contributed by atoms with van der Waals surface area (Å²) in [5, 5.41) is 13.7. The first-order chi connectivity index (χ1) is 8.31. The molecule has 0 atom stereocenters. The average molecular weight is 231 g/mol. The van der Waals surface area contributed by atoms with Crippen molar-refractivity contribution in [2.45, 2.75) is 25.5 Å². The first-order valence-electron chi connectivity index (χ1n) is 6.17. The maximum absolute atomic E-state index is 9.18. The number of hydrogen-bond donors (Lipinski definition) is 2. The van der Waals surface area contributed by atoms with Crippen LogP contribution in [0.15, 0.2) is 34.7 Å². The van der Waals surface area contributed by atoms with Crippen LogP contribution in [0.25, 0.3) is 11.0 Å². The minimum absolute atomic E-state index is 0.0620. The lowest BCUT2D eigenvalue weighted by atomic mass is 9.82. The molecule has 0 aliphatic heterocycles.